The average molecular weight is 274 g/mol. The first kappa shape index (κ1) is 14.6. The number of nitrogens with two attached hydrogens (primary N) is 1. The lowest BCUT2D eigenvalue weighted by molar-refractivity contribution is -0.137. The zero-order valence-corrected chi connectivity index (χ0v) is 11.0. The molecule has 1 atom stereocenters. The third kappa shape index (κ3) is 3.27. The molecule has 5 nitrogen and oxygen atoms in total. The third-order valence-corrected chi connectivity index (χ3v) is 2.87. The summed E-state index contributed by atoms with van der Waals surface area (Å²) in [5, 5.41) is 9.07. The Hall–Kier alpha value is -1.46. The van der Waals surface area contributed by atoms with Gasteiger partial charge in [0.25, 0.3) is 0 Å². The van der Waals surface area contributed by atoms with E-state index in [0.29, 0.717) is 28.5 Å². The lowest BCUT2D eigenvalue weighted by atomic mass is 10.0. The van der Waals surface area contributed by atoms with Gasteiger partial charge in [-0.25, -0.2) is 0 Å². The summed E-state index contributed by atoms with van der Waals surface area (Å²) in [6.45, 7) is 0. The van der Waals surface area contributed by atoms with Crippen LogP contribution >= 0.6 is 11.6 Å². The molecule has 1 aromatic rings. The van der Waals surface area contributed by atoms with Crippen molar-refractivity contribution in [2.75, 3.05) is 14.2 Å². The van der Waals surface area contributed by atoms with Crippen LogP contribution in [0.3, 0.4) is 0 Å². The van der Waals surface area contributed by atoms with Crippen LogP contribution in [0.2, 0.25) is 5.02 Å². The van der Waals surface area contributed by atoms with Crippen molar-refractivity contribution in [1.29, 1.82) is 0 Å². The largest absolute Gasteiger partial charge is 0.492 e. The van der Waals surface area contributed by atoms with E-state index in [2.05, 4.69) is 0 Å². The molecular formula is C12H16ClNO4. The summed E-state index contributed by atoms with van der Waals surface area (Å²) in [5.74, 6) is -0.0318. The number of hydrogen-bond acceptors (Lipinski definition) is 4. The van der Waals surface area contributed by atoms with Crippen LogP contribution in [0.4, 0.5) is 0 Å². The summed E-state index contributed by atoms with van der Waals surface area (Å²) in [7, 11) is 2.97. The number of hydrogen-bond donors (Lipinski definition) is 2. The molecule has 0 aromatic heterocycles. The summed E-state index contributed by atoms with van der Waals surface area (Å²) in [6.07, 6.45) is 0.311. The summed E-state index contributed by atoms with van der Waals surface area (Å²) in [4.78, 5) is 10.5. The molecule has 0 spiro atoms. The Bertz CT molecular complexity index is 436. The van der Waals surface area contributed by atoms with Crippen molar-refractivity contribution in [2.45, 2.75) is 18.9 Å². The van der Waals surface area contributed by atoms with Crippen molar-refractivity contribution in [1.82, 2.24) is 0 Å². The van der Waals surface area contributed by atoms with Gasteiger partial charge in [0, 0.05) is 18.0 Å². The summed E-state index contributed by atoms with van der Waals surface area (Å²) in [5.41, 5.74) is 6.63. The second-order valence-corrected chi connectivity index (χ2v) is 4.15. The van der Waals surface area contributed by atoms with Crippen molar-refractivity contribution < 1.29 is 19.4 Å². The van der Waals surface area contributed by atoms with Crippen LogP contribution < -0.4 is 15.2 Å². The number of halogens is 1. The van der Waals surface area contributed by atoms with Crippen LogP contribution in [-0.2, 0) is 4.79 Å². The highest BCUT2D eigenvalue weighted by Crippen LogP contribution is 2.40. The fourth-order valence-electron chi connectivity index (χ4n) is 1.68. The molecule has 0 amide bonds. The molecule has 1 rings (SSSR count). The number of carboxylic acids is 1. The Balaban J connectivity index is 3.04. The first-order valence-corrected chi connectivity index (χ1v) is 5.76. The SMILES string of the molecule is COc1c(Cl)ccc(C(N)CCC(=O)O)c1OC. The summed E-state index contributed by atoms with van der Waals surface area (Å²) >= 11 is 5.97. The average Bonchev–Trinajstić information content (AvgIpc) is 2.35. The number of methoxy groups -OCH3 is 2. The second kappa shape index (κ2) is 6.47. The minimum absolute atomic E-state index is 0.00470. The highest BCUT2D eigenvalue weighted by molar-refractivity contribution is 6.32. The molecule has 18 heavy (non-hydrogen) atoms. The number of rotatable bonds is 6. The molecule has 0 heterocycles. The molecular weight excluding hydrogens is 258 g/mol. The molecule has 6 heteroatoms. The number of benzene rings is 1. The van der Waals surface area contributed by atoms with E-state index in [-0.39, 0.29) is 6.42 Å². The van der Waals surface area contributed by atoms with Crippen LogP contribution in [0.5, 0.6) is 11.5 Å². The van der Waals surface area contributed by atoms with Crippen molar-refractivity contribution >= 4 is 17.6 Å². The molecule has 0 saturated carbocycles. The van der Waals surface area contributed by atoms with E-state index in [1.807, 2.05) is 0 Å². The predicted molar refractivity (Wildman–Crippen MR) is 68.4 cm³/mol. The lowest BCUT2D eigenvalue weighted by Gasteiger charge is -2.18. The molecule has 1 unspecified atom stereocenters. The van der Waals surface area contributed by atoms with E-state index in [1.165, 1.54) is 14.2 Å². The van der Waals surface area contributed by atoms with E-state index in [9.17, 15) is 4.79 Å². The van der Waals surface area contributed by atoms with Crippen LogP contribution in [0.15, 0.2) is 12.1 Å². The van der Waals surface area contributed by atoms with Crippen LogP contribution in [0.25, 0.3) is 0 Å². The molecule has 3 N–H and O–H groups in total. The van der Waals surface area contributed by atoms with Crippen molar-refractivity contribution in [3.8, 4) is 11.5 Å². The molecule has 0 aliphatic rings. The summed E-state index contributed by atoms with van der Waals surface area (Å²) in [6, 6.07) is 2.93. The smallest absolute Gasteiger partial charge is 0.303 e. The van der Waals surface area contributed by atoms with Crippen molar-refractivity contribution in [3.63, 3.8) is 0 Å². The number of carboxylic acid groups (broad SMARTS) is 1. The van der Waals surface area contributed by atoms with Gasteiger partial charge >= 0.3 is 5.97 Å². The van der Waals surface area contributed by atoms with Crippen LogP contribution in [-0.4, -0.2) is 25.3 Å². The fourth-order valence-corrected chi connectivity index (χ4v) is 1.91. The van der Waals surface area contributed by atoms with Crippen molar-refractivity contribution in [2.24, 2.45) is 5.73 Å². The van der Waals surface area contributed by atoms with Crippen LogP contribution in [0.1, 0.15) is 24.4 Å². The molecule has 0 saturated heterocycles. The molecule has 0 radical (unpaired) electrons. The van der Waals surface area contributed by atoms with E-state index < -0.39 is 12.0 Å². The van der Waals surface area contributed by atoms with Gasteiger partial charge in [-0.1, -0.05) is 17.7 Å². The highest BCUT2D eigenvalue weighted by atomic mass is 35.5. The molecule has 0 aliphatic carbocycles. The zero-order chi connectivity index (χ0) is 13.7. The van der Waals surface area contributed by atoms with Gasteiger partial charge in [-0.3, -0.25) is 4.79 Å². The highest BCUT2D eigenvalue weighted by Gasteiger charge is 2.19. The van der Waals surface area contributed by atoms with Gasteiger partial charge in [-0.2, -0.15) is 0 Å². The minimum atomic E-state index is -0.884. The maximum absolute atomic E-state index is 10.5. The van der Waals surface area contributed by atoms with Gasteiger partial charge in [0.05, 0.1) is 19.2 Å². The van der Waals surface area contributed by atoms with Gasteiger partial charge < -0.3 is 20.3 Å². The lowest BCUT2D eigenvalue weighted by Crippen LogP contribution is -2.14. The third-order valence-electron chi connectivity index (χ3n) is 2.57. The van der Waals surface area contributed by atoms with Crippen molar-refractivity contribution in [3.05, 3.63) is 22.7 Å². The number of ether oxygens (including phenoxy) is 2. The van der Waals surface area contributed by atoms with E-state index in [0.717, 1.165) is 0 Å². The van der Waals surface area contributed by atoms with E-state index >= 15 is 0 Å². The molecule has 0 fully saturated rings. The first-order chi connectivity index (χ1) is 8.51. The Morgan fingerprint density at radius 1 is 1.39 bits per heavy atom. The van der Waals surface area contributed by atoms with Gasteiger partial charge in [0.15, 0.2) is 11.5 Å². The Morgan fingerprint density at radius 3 is 2.50 bits per heavy atom. The normalized spacial score (nSPS) is 12.0. The Kier molecular flexibility index (Phi) is 5.25. The number of aliphatic carboxylic acids is 1. The van der Waals surface area contributed by atoms with Crippen LogP contribution in [0, 0.1) is 0 Å². The van der Waals surface area contributed by atoms with E-state index in [1.54, 1.807) is 12.1 Å². The maximum atomic E-state index is 10.5. The van der Waals surface area contributed by atoms with Gasteiger partial charge in [-0.15, -0.1) is 0 Å². The number of carbonyl (C=O) groups is 1. The maximum Gasteiger partial charge on any atom is 0.303 e. The topological polar surface area (TPSA) is 81.8 Å². The fraction of sp³-hybridized carbons (Fsp3) is 0.417. The van der Waals surface area contributed by atoms with Gasteiger partial charge in [0.1, 0.15) is 0 Å². The molecule has 0 aliphatic heterocycles. The minimum Gasteiger partial charge on any atom is -0.492 e. The molecule has 100 valence electrons. The second-order valence-electron chi connectivity index (χ2n) is 3.74. The predicted octanol–water partition coefficient (Wildman–Crippen LogP) is 2.22. The Morgan fingerprint density at radius 2 is 2.00 bits per heavy atom. The monoisotopic (exact) mass is 273 g/mol. The summed E-state index contributed by atoms with van der Waals surface area (Å²) < 4.78 is 10.4. The van der Waals surface area contributed by atoms with E-state index in [4.69, 9.17) is 31.9 Å². The quantitative estimate of drug-likeness (QED) is 0.830. The zero-order valence-electron chi connectivity index (χ0n) is 10.3. The first-order valence-electron chi connectivity index (χ1n) is 5.39. The van der Waals surface area contributed by atoms with Gasteiger partial charge in [-0.05, 0) is 12.5 Å². The molecule has 1 aromatic carbocycles. The molecule has 0 bridgehead atoms. The van der Waals surface area contributed by atoms with Gasteiger partial charge in [0.2, 0.25) is 0 Å². The standard InChI is InChI=1S/C12H16ClNO4/c1-17-11-7(9(14)5-6-10(15)16)3-4-8(13)12(11)18-2/h3-4,9H,5-6,14H2,1-2H3,(H,15,16). The Labute approximate surface area is 110 Å².